The summed E-state index contributed by atoms with van der Waals surface area (Å²) < 4.78 is 13.0. The molecule has 0 aromatic heterocycles. The minimum atomic E-state index is -0.244. The molecule has 0 bridgehead atoms. The van der Waals surface area contributed by atoms with Crippen LogP contribution in [0.4, 0.5) is 10.1 Å². The second kappa shape index (κ2) is 5.39. The van der Waals surface area contributed by atoms with Crippen LogP contribution in [0, 0.1) is 5.82 Å². The third-order valence-electron chi connectivity index (χ3n) is 2.30. The molecule has 17 heavy (non-hydrogen) atoms. The Bertz CT molecular complexity index is 529. The van der Waals surface area contributed by atoms with Crippen LogP contribution in [-0.2, 0) is 6.54 Å². The van der Waals surface area contributed by atoms with Gasteiger partial charge in [0.15, 0.2) is 0 Å². The van der Waals surface area contributed by atoms with Gasteiger partial charge >= 0.3 is 0 Å². The molecule has 1 N–H and O–H groups in total. The van der Waals surface area contributed by atoms with E-state index < -0.39 is 0 Å². The molecular weight excluding hydrogens is 260 g/mol. The Morgan fingerprint density at radius 2 is 1.88 bits per heavy atom. The molecule has 0 radical (unpaired) electrons. The average Bonchev–Trinajstić information content (AvgIpc) is 2.28. The molecule has 0 aliphatic rings. The van der Waals surface area contributed by atoms with Crippen LogP contribution in [0.5, 0.6) is 0 Å². The zero-order valence-electron chi connectivity index (χ0n) is 8.88. The van der Waals surface area contributed by atoms with Gasteiger partial charge in [-0.15, -0.1) is 0 Å². The van der Waals surface area contributed by atoms with Gasteiger partial charge in [0.2, 0.25) is 0 Å². The Balaban J connectivity index is 2.07. The first-order valence-electron chi connectivity index (χ1n) is 5.08. The van der Waals surface area contributed by atoms with Crippen molar-refractivity contribution >= 4 is 28.9 Å². The molecule has 4 heteroatoms. The van der Waals surface area contributed by atoms with Gasteiger partial charge in [-0.2, -0.15) is 0 Å². The summed E-state index contributed by atoms with van der Waals surface area (Å²) in [5, 5.41) is 4.27. The number of halogens is 3. The number of nitrogens with one attached hydrogen (secondary N) is 1. The summed E-state index contributed by atoms with van der Waals surface area (Å²) in [6.45, 7) is 0.513. The van der Waals surface area contributed by atoms with Crippen LogP contribution in [-0.4, -0.2) is 0 Å². The topological polar surface area (TPSA) is 12.0 Å². The van der Waals surface area contributed by atoms with E-state index in [0.717, 1.165) is 11.3 Å². The Morgan fingerprint density at radius 3 is 2.59 bits per heavy atom. The van der Waals surface area contributed by atoms with E-state index in [1.165, 1.54) is 12.1 Å². The minimum absolute atomic E-state index is 0.244. The molecule has 2 aromatic rings. The molecule has 2 rings (SSSR count). The molecule has 1 nitrogen and oxygen atoms in total. The molecular formula is C13H10Cl2FN. The fraction of sp³-hybridized carbons (Fsp3) is 0.0769. The summed E-state index contributed by atoms with van der Waals surface area (Å²) in [6, 6.07) is 11.6. The Kier molecular flexibility index (Phi) is 3.87. The maximum absolute atomic E-state index is 13.0. The van der Waals surface area contributed by atoms with E-state index in [0.29, 0.717) is 16.6 Å². The fourth-order valence-corrected chi connectivity index (χ4v) is 1.95. The average molecular weight is 270 g/mol. The van der Waals surface area contributed by atoms with E-state index in [4.69, 9.17) is 23.2 Å². The highest BCUT2D eigenvalue weighted by Crippen LogP contribution is 2.25. The molecule has 0 aliphatic heterocycles. The first-order chi connectivity index (χ1) is 8.15. The Morgan fingerprint density at radius 1 is 1.06 bits per heavy atom. The van der Waals surface area contributed by atoms with Crippen LogP contribution >= 0.6 is 23.2 Å². The summed E-state index contributed by atoms with van der Waals surface area (Å²) in [4.78, 5) is 0. The van der Waals surface area contributed by atoms with Crippen LogP contribution in [0.1, 0.15) is 5.56 Å². The molecule has 0 atom stereocenters. The molecule has 0 heterocycles. The summed E-state index contributed by atoms with van der Waals surface area (Å²) in [6.07, 6.45) is 0. The van der Waals surface area contributed by atoms with Crippen molar-refractivity contribution < 1.29 is 4.39 Å². The highest BCUT2D eigenvalue weighted by molar-refractivity contribution is 6.36. The quantitative estimate of drug-likeness (QED) is 0.849. The predicted molar refractivity (Wildman–Crippen MR) is 70.2 cm³/mol. The van der Waals surface area contributed by atoms with Gasteiger partial charge in [0.05, 0.1) is 10.7 Å². The van der Waals surface area contributed by atoms with Crippen molar-refractivity contribution in [1.82, 2.24) is 0 Å². The van der Waals surface area contributed by atoms with E-state index in [1.54, 1.807) is 24.3 Å². The first-order valence-corrected chi connectivity index (χ1v) is 5.84. The number of hydrogen-bond donors (Lipinski definition) is 1. The molecule has 0 saturated heterocycles. The van der Waals surface area contributed by atoms with E-state index in [9.17, 15) is 4.39 Å². The lowest BCUT2D eigenvalue weighted by atomic mass is 10.2. The fourth-order valence-electron chi connectivity index (χ4n) is 1.48. The number of rotatable bonds is 3. The van der Waals surface area contributed by atoms with E-state index in [-0.39, 0.29) is 5.82 Å². The van der Waals surface area contributed by atoms with Gasteiger partial charge in [0, 0.05) is 11.6 Å². The molecule has 88 valence electrons. The second-order valence-corrected chi connectivity index (χ2v) is 4.45. The van der Waals surface area contributed by atoms with Gasteiger partial charge in [-0.3, -0.25) is 0 Å². The summed E-state index contributed by atoms with van der Waals surface area (Å²) in [5.74, 6) is -0.244. The number of hydrogen-bond acceptors (Lipinski definition) is 1. The van der Waals surface area contributed by atoms with E-state index in [2.05, 4.69) is 5.32 Å². The van der Waals surface area contributed by atoms with Crippen molar-refractivity contribution in [2.75, 3.05) is 5.32 Å². The number of anilines is 1. The molecule has 0 unspecified atom stereocenters. The lowest BCUT2D eigenvalue weighted by Gasteiger charge is -2.08. The van der Waals surface area contributed by atoms with Gasteiger partial charge in [-0.1, -0.05) is 35.3 Å². The highest BCUT2D eigenvalue weighted by atomic mass is 35.5. The molecule has 0 fully saturated rings. The molecule has 0 amide bonds. The lowest BCUT2D eigenvalue weighted by molar-refractivity contribution is 0.626. The standard InChI is InChI=1S/C13H10Cl2FN/c14-10-4-5-13(12(15)7-10)17-8-9-2-1-3-11(16)6-9/h1-7,17H,8H2. The first kappa shape index (κ1) is 12.2. The highest BCUT2D eigenvalue weighted by Gasteiger charge is 2.01. The SMILES string of the molecule is Fc1cccc(CNc2ccc(Cl)cc2Cl)c1. The monoisotopic (exact) mass is 269 g/mol. The van der Waals surface area contributed by atoms with Crippen molar-refractivity contribution in [3.63, 3.8) is 0 Å². The van der Waals surface area contributed by atoms with Gasteiger partial charge in [-0.05, 0) is 35.9 Å². The predicted octanol–water partition coefficient (Wildman–Crippen LogP) is 4.74. The summed E-state index contributed by atoms with van der Waals surface area (Å²) in [5.41, 5.74) is 1.64. The van der Waals surface area contributed by atoms with Gasteiger partial charge in [-0.25, -0.2) is 4.39 Å². The van der Waals surface area contributed by atoms with E-state index >= 15 is 0 Å². The summed E-state index contributed by atoms with van der Waals surface area (Å²) in [7, 11) is 0. The van der Waals surface area contributed by atoms with Crippen molar-refractivity contribution in [2.24, 2.45) is 0 Å². The maximum Gasteiger partial charge on any atom is 0.123 e. The van der Waals surface area contributed by atoms with Gasteiger partial charge in [0.1, 0.15) is 5.82 Å². The Hall–Kier alpha value is -1.25. The molecule has 0 aliphatic carbocycles. The van der Waals surface area contributed by atoms with Gasteiger partial charge < -0.3 is 5.32 Å². The molecule has 0 saturated carbocycles. The second-order valence-electron chi connectivity index (χ2n) is 3.61. The summed E-state index contributed by atoms with van der Waals surface area (Å²) >= 11 is 11.8. The van der Waals surface area contributed by atoms with Gasteiger partial charge in [0.25, 0.3) is 0 Å². The van der Waals surface area contributed by atoms with Crippen molar-refractivity contribution in [1.29, 1.82) is 0 Å². The minimum Gasteiger partial charge on any atom is -0.380 e. The maximum atomic E-state index is 13.0. The van der Waals surface area contributed by atoms with Crippen LogP contribution < -0.4 is 5.32 Å². The largest absolute Gasteiger partial charge is 0.380 e. The third kappa shape index (κ3) is 3.35. The lowest BCUT2D eigenvalue weighted by Crippen LogP contribution is -2.00. The normalized spacial score (nSPS) is 10.3. The van der Waals surface area contributed by atoms with Crippen LogP contribution in [0.2, 0.25) is 10.0 Å². The van der Waals surface area contributed by atoms with Crippen molar-refractivity contribution in [3.8, 4) is 0 Å². The third-order valence-corrected chi connectivity index (χ3v) is 2.85. The zero-order valence-corrected chi connectivity index (χ0v) is 10.4. The Labute approximate surface area is 109 Å². The zero-order chi connectivity index (χ0) is 12.3. The van der Waals surface area contributed by atoms with Crippen LogP contribution in [0.25, 0.3) is 0 Å². The number of benzene rings is 2. The molecule has 0 spiro atoms. The smallest absolute Gasteiger partial charge is 0.123 e. The molecule has 2 aromatic carbocycles. The van der Waals surface area contributed by atoms with Crippen LogP contribution in [0.15, 0.2) is 42.5 Å². The van der Waals surface area contributed by atoms with E-state index in [1.807, 2.05) is 6.07 Å². The van der Waals surface area contributed by atoms with Crippen molar-refractivity contribution in [2.45, 2.75) is 6.54 Å². The van der Waals surface area contributed by atoms with Crippen molar-refractivity contribution in [3.05, 3.63) is 63.9 Å². The van der Waals surface area contributed by atoms with Crippen LogP contribution in [0.3, 0.4) is 0 Å².